The number of piperidine rings is 1. The zero-order chi connectivity index (χ0) is 13.9. The number of hydrogen-bond donors (Lipinski definition) is 1. The monoisotopic (exact) mass is 292 g/mol. The van der Waals surface area contributed by atoms with Crippen LogP contribution in [0.15, 0.2) is 24.3 Å². The summed E-state index contributed by atoms with van der Waals surface area (Å²) >= 11 is 6.14. The van der Waals surface area contributed by atoms with Crippen LogP contribution in [0.2, 0.25) is 5.02 Å². The molecule has 1 aliphatic heterocycles. The van der Waals surface area contributed by atoms with Crippen LogP contribution in [0.5, 0.6) is 0 Å². The van der Waals surface area contributed by atoms with Gasteiger partial charge in [0, 0.05) is 30.2 Å². The maximum Gasteiger partial charge on any atom is 0.0408 e. The highest BCUT2D eigenvalue weighted by Gasteiger charge is 2.31. The Morgan fingerprint density at radius 2 is 1.90 bits per heavy atom. The molecule has 1 aromatic carbocycles. The Balaban J connectivity index is 1.72. The van der Waals surface area contributed by atoms with E-state index in [1.54, 1.807) is 0 Å². The van der Waals surface area contributed by atoms with Crippen molar-refractivity contribution in [1.29, 1.82) is 0 Å². The van der Waals surface area contributed by atoms with Gasteiger partial charge in [0.2, 0.25) is 0 Å². The van der Waals surface area contributed by atoms with Crippen molar-refractivity contribution < 1.29 is 0 Å². The molecular formula is C17H25ClN2. The van der Waals surface area contributed by atoms with Crippen molar-refractivity contribution in [2.45, 2.75) is 56.5 Å². The van der Waals surface area contributed by atoms with Gasteiger partial charge in [0.15, 0.2) is 0 Å². The molecule has 1 saturated carbocycles. The summed E-state index contributed by atoms with van der Waals surface area (Å²) in [6.07, 6.45) is 7.98. The number of nitrogens with zero attached hydrogens (tertiary/aromatic N) is 1. The second kappa shape index (κ2) is 6.46. The van der Waals surface area contributed by atoms with Crippen LogP contribution in [0.3, 0.4) is 0 Å². The lowest BCUT2D eigenvalue weighted by molar-refractivity contribution is 0.107. The van der Waals surface area contributed by atoms with E-state index in [1.165, 1.54) is 37.7 Å². The molecule has 0 amide bonds. The average Bonchev–Trinajstić information content (AvgIpc) is 2.47. The Bertz CT molecular complexity index is 442. The summed E-state index contributed by atoms with van der Waals surface area (Å²) in [7, 11) is 0. The minimum absolute atomic E-state index is 0.301. The van der Waals surface area contributed by atoms with E-state index in [0.29, 0.717) is 12.0 Å². The molecule has 2 atom stereocenters. The lowest BCUT2D eigenvalue weighted by Crippen LogP contribution is -2.50. The van der Waals surface area contributed by atoms with E-state index in [1.807, 2.05) is 6.07 Å². The van der Waals surface area contributed by atoms with Gasteiger partial charge in [0.1, 0.15) is 0 Å². The smallest absolute Gasteiger partial charge is 0.0408 e. The van der Waals surface area contributed by atoms with Crippen LogP contribution in [-0.4, -0.2) is 30.1 Å². The second-order valence-electron chi connectivity index (χ2n) is 6.49. The standard InChI is InChI=1S/C17H25ClN2/c18-15-6-4-5-13(9-15)14-10-16(19)12-20(11-14)17-7-2-1-3-8-17/h4-6,9,14,16-17H,1-3,7-8,10-12,19H2. The predicted octanol–water partition coefficient (Wildman–Crippen LogP) is 3.79. The van der Waals surface area contributed by atoms with Gasteiger partial charge in [-0.15, -0.1) is 0 Å². The van der Waals surface area contributed by atoms with Gasteiger partial charge < -0.3 is 5.73 Å². The van der Waals surface area contributed by atoms with Crippen molar-refractivity contribution in [1.82, 2.24) is 4.90 Å². The zero-order valence-electron chi connectivity index (χ0n) is 12.1. The van der Waals surface area contributed by atoms with Crippen LogP contribution in [0.4, 0.5) is 0 Å². The van der Waals surface area contributed by atoms with Crippen molar-refractivity contribution >= 4 is 11.6 Å². The van der Waals surface area contributed by atoms with Crippen LogP contribution >= 0.6 is 11.6 Å². The molecule has 1 saturated heterocycles. The number of benzene rings is 1. The van der Waals surface area contributed by atoms with E-state index in [0.717, 1.165) is 30.6 Å². The van der Waals surface area contributed by atoms with Crippen molar-refractivity contribution in [3.63, 3.8) is 0 Å². The molecule has 2 nitrogen and oxygen atoms in total. The molecule has 2 fully saturated rings. The SMILES string of the molecule is NC1CC(c2cccc(Cl)c2)CN(C2CCCCC2)C1. The molecular weight excluding hydrogens is 268 g/mol. The number of rotatable bonds is 2. The van der Waals surface area contributed by atoms with E-state index < -0.39 is 0 Å². The average molecular weight is 293 g/mol. The summed E-state index contributed by atoms with van der Waals surface area (Å²) in [5.74, 6) is 0.541. The Labute approximate surface area is 127 Å². The molecule has 0 spiro atoms. The maximum absolute atomic E-state index is 6.32. The van der Waals surface area contributed by atoms with Gasteiger partial charge in [0.25, 0.3) is 0 Å². The van der Waals surface area contributed by atoms with Gasteiger partial charge in [-0.1, -0.05) is 43.0 Å². The summed E-state index contributed by atoms with van der Waals surface area (Å²) < 4.78 is 0. The van der Waals surface area contributed by atoms with Crippen LogP contribution in [0, 0.1) is 0 Å². The molecule has 2 aliphatic rings. The molecule has 2 N–H and O–H groups in total. The first-order valence-corrected chi connectivity index (χ1v) is 8.35. The summed E-state index contributed by atoms with van der Waals surface area (Å²) in [4.78, 5) is 2.65. The number of halogens is 1. The quantitative estimate of drug-likeness (QED) is 0.898. The zero-order valence-corrected chi connectivity index (χ0v) is 12.9. The van der Waals surface area contributed by atoms with Gasteiger partial charge in [-0.3, -0.25) is 4.90 Å². The summed E-state index contributed by atoms with van der Waals surface area (Å²) in [6, 6.07) is 9.39. The van der Waals surface area contributed by atoms with Crippen LogP contribution < -0.4 is 5.73 Å². The molecule has 20 heavy (non-hydrogen) atoms. The van der Waals surface area contributed by atoms with Crippen LogP contribution in [0.25, 0.3) is 0 Å². The van der Waals surface area contributed by atoms with Crippen LogP contribution in [-0.2, 0) is 0 Å². The van der Waals surface area contributed by atoms with Crippen molar-refractivity contribution in [2.75, 3.05) is 13.1 Å². The fourth-order valence-electron chi connectivity index (χ4n) is 3.92. The van der Waals surface area contributed by atoms with Gasteiger partial charge in [-0.2, -0.15) is 0 Å². The normalized spacial score (nSPS) is 29.5. The van der Waals surface area contributed by atoms with Gasteiger partial charge in [-0.25, -0.2) is 0 Å². The van der Waals surface area contributed by atoms with E-state index in [9.17, 15) is 0 Å². The number of hydrogen-bond acceptors (Lipinski definition) is 2. The molecule has 2 unspecified atom stereocenters. The molecule has 0 aromatic heterocycles. The maximum atomic E-state index is 6.32. The third-order valence-electron chi connectivity index (χ3n) is 4.92. The summed E-state index contributed by atoms with van der Waals surface area (Å²) in [5.41, 5.74) is 7.68. The minimum atomic E-state index is 0.301. The Hall–Kier alpha value is -0.570. The first-order valence-electron chi connectivity index (χ1n) is 7.97. The second-order valence-corrected chi connectivity index (χ2v) is 6.93. The molecule has 1 aromatic rings. The lowest BCUT2D eigenvalue weighted by Gasteiger charge is -2.42. The fourth-order valence-corrected chi connectivity index (χ4v) is 4.12. The highest BCUT2D eigenvalue weighted by molar-refractivity contribution is 6.30. The van der Waals surface area contributed by atoms with E-state index in [2.05, 4.69) is 23.1 Å². The molecule has 110 valence electrons. The summed E-state index contributed by atoms with van der Waals surface area (Å²) in [6.45, 7) is 2.22. The first kappa shape index (κ1) is 14.4. The largest absolute Gasteiger partial charge is 0.327 e. The Kier molecular flexibility index (Phi) is 4.65. The van der Waals surface area contributed by atoms with Gasteiger partial charge in [-0.05, 0) is 42.9 Å². The predicted molar refractivity (Wildman–Crippen MR) is 85.2 cm³/mol. The molecule has 1 heterocycles. The Morgan fingerprint density at radius 1 is 1.10 bits per heavy atom. The van der Waals surface area contributed by atoms with Gasteiger partial charge >= 0.3 is 0 Å². The topological polar surface area (TPSA) is 29.3 Å². The minimum Gasteiger partial charge on any atom is -0.327 e. The molecule has 0 radical (unpaired) electrons. The van der Waals surface area contributed by atoms with E-state index in [-0.39, 0.29) is 0 Å². The lowest BCUT2D eigenvalue weighted by atomic mass is 9.85. The third-order valence-corrected chi connectivity index (χ3v) is 5.16. The molecule has 3 rings (SSSR count). The fraction of sp³-hybridized carbons (Fsp3) is 0.647. The highest BCUT2D eigenvalue weighted by atomic mass is 35.5. The number of nitrogens with two attached hydrogens (primary N) is 1. The van der Waals surface area contributed by atoms with Crippen LogP contribution in [0.1, 0.15) is 50.0 Å². The Morgan fingerprint density at radius 3 is 2.65 bits per heavy atom. The molecule has 0 bridgehead atoms. The van der Waals surface area contributed by atoms with Crippen molar-refractivity contribution in [3.05, 3.63) is 34.9 Å². The molecule has 3 heteroatoms. The molecule has 1 aliphatic carbocycles. The van der Waals surface area contributed by atoms with E-state index >= 15 is 0 Å². The van der Waals surface area contributed by atoms with Crippen molar-refractivity contribution in [3.8, 4) is 0 Å². The third kappa shape index (κ3) is 3.36. The van der Waals surface area contributed by atoms with Gasteiger partial charge in [0.05, 0.1) is 0 Å². The van der Waals surface area contributed by atoms with E-state index in [4.69, 9.17) is 17.3 Å². The highest BCUT2D eigenvalue weighted by Crippen LogP contribution is 2.32. The summed E-state index contributed by atoms with van der Waals surface area (Å²) in [5, 5.41) is 0.839. The van der Waals surface area contributed by atoms with Crippen molar-refractivity contribution in [2.24, 2.45) is 5.73 Å². The first-order chi connectivity index (χ1) is 9.72. The number of likely N-dealkylation sites (tertiary alicyclic amines) is 1.